The van der Waals surface area contributed by atoms with E-state index < -0.39 is 0 Å². The molecule has 0 saturated heterocycles. The van der Waals surface area contributed by atoms with Crippen molar-refractivity contribution in [2.45, 2.75) is 0 Å². The zero-order chi connectivity index (χ0) is 9.14. The number of halogens is 1. The minimum absolute atomic E-state index is 0.601. The van der Waals surface area contributed by atoms with E-state index in [2.05, 4.69) is 22.6 Å². The molecular weight excluding hydrogens is 269 g/mol. The van der Waals surface area contributed by atoms with Crippen LogP contribution in [0, 0.1) is 3.57 Å². The van der Waals surface area contributed by atoms with Crippen LogP contribution in [0.4, 0.5) is 5.69 Å². The van der Waals surface area contributed by atoms with Crippen LogP contribution >= 0.6 is 22.6 Å². The van der Waals surface area contributed by atoms with E-state index >= 15 is 0 Å². The van der Waals surface area contributed by atoms with Gasteiger partial charge in [0.05, 0.1) is 19.9 Å². The lowest BCUT2D eigenvalue weighted by Gasteiger charge is -2.10. The number of nitrogen functional groups attached to an aromatic ring is 1. The van der Waals surface area contributed by atoms with E-state index in [1.807, 2.05) is 12.1 Å². The highest BCUT2D eigenvalue weighted by Crippen LogP contribution is 2.35. The molecule has 0 aliphatic rings. The summed E-state index contributed by atoms with van der Waals surface area (Å²) in [7, 11) is 3.16. The summed E-state index contributed by atoms with van der Waals surface area (Å²) in [5, 5.41) is 0. The van der Waals surface area contributed by atoms with E-state index in [1.165, 1.54) is 0 Å². The van der Waals surface area contributed by atoms with Gasteiger partial charge in [-0.1, -0.05) is 0 Å². The largest absolute Gasteiger partial charge is 0.493 e. The predicted molar refractivity (Wildman–Crippen MR) is 56.7 cm³/mol. The van der Waals surface area contributed by atoms with E-state index in [0.29, 0.717) is 17.2 Å². The molecule has 0 unspecified atom stereocenters. The summed E-state index contributed by atoms with van der Waals surface area (Å²) >= 11 is 2.15. The number of hydrogen-bond donors (Lipinski definition) is 1. The number of ether oxygens (including phenoxy) is 2. The molecule has 0 aliphatic carbocycles. The topological polar surface area (TPSA) is 44.5 Å². The number of nitrogens with two attached hydrogens (primary N) is 1. The molecule has 0 spiro atoms. The first-order valence-electron chi connectivity index (χ1n) is 3.36. The Labute approximate surface area is 85.0 Å². The van der Waals surface area contributed by atoms with Crippen molar-refractivity contribution in [1.82, 2.24) is 0 Å². The van der Waals surface area contributed by atoms with Crippen molar-refractivity contribution in [2.75, 3.05) is 20.0 Å². The van der Waals surface area contributed by atoms with Crippen molar-refractivity contribution < 1.29 is 9.47 Å². The highest BCUT2D eigenvalue weighted by molar-refractivity contribution is 14.1. The number of benzene rings is 1. The lowest BCUT2D eigenvalue weighted by Crippen LogP contribution is -1.97. The molecule has 1 aromatic carbocycles. The van der Waals surface area contributed by atoms with Crippen LogP contribution < -0.4 is 15.2 Å². The molecule has 0 heterocycles. The summed E-state index contributed by atoms with van der Waals surface area (Å²) in [6, 6.07) is 3.72. The van der Waals surface area contributed by atoms with Crippen molar-refractivity contribution in [3.63, 3.8) is 0 Å². The van der Waals surface area contributed by atoms with Crippen molar-refractivity contribution in [3.8, 4) is 11.5 Å². The van der Waals surface area contributed by atoms with Gasteiger partial charge in [-0.2, -0.15) is 0 Å². The molecule has 0 atom stereocenters. The van der Waals surface area contributed by atoms with Gasteiger partial charge >= 0.3 is 0 Å². The number of anilines is 1. The third-order valence-electron chi connectivity index (χ3n) is 1.53. The SMILES string of the molecule is COc1ccc(I)c(N)c1OC. The van der Waals surface area contributed by atoms with Gasteiger partial charge in [-0.05, 0) is 34.7 Å². The van der Waals surface area contributed by atoms with Crippen LogP contribution in [-0.2, 0) is 0 Å². The lowest BCUT2D eigenvalue weighted by atomic mass is 10.3. The molecule has 0 saturated carbocycles. The summed E-state index contributed by atoms with van der Waals surface area (Å²) in [5.74, 6) is 1.26. The first-order chi connectivity index (χ1) is 5.70. The molecule has 0 radical (unpaired) electrons. The zero-order valence-corrected chi connectivity index (χ0v) is 9.08. The van der Waals surface area contributed by atoms with Gasteiger partial charge in [-0.25, -0.2) is 0 Å². The molecule has 4 heteroatoms. The van der Waals surface area contributed by atoms with E-state index in [-0.39, 0.29) is 0 Å². The Kier molecular flexibility index (Phi) is 3.02. The maximum Gasteiger partial charge on any atom is 0.184 e. The van der Waals surface area contributed by atoms with E-state index in [4.69, 9.17) is 15.2 Å². The second kappa shape index (κ2) is 3.84. The lowest BCUT2D eigenvalue weighted by molar-refractivity contribution is 0.356. The van der Waals surface area contributed by atoms with Crippen molar-refractivity contribution in [2.24, 2.45) is 0 Å². The Bertz CT molecular complexity index is 289. The van der Waals surface area contributed by atoms with Crippen LogP contribution in [0.25, 0.3) is 0 Å². The van der Waals surface area contributed by atoms with Gasteiger partial charge in [-0.3, -0.25) is 0 Å². The Hall–Kier alpha value is -0.650. The average molecular weight is 279 g/mol. The quantitative estimate of drug-likeness (QED) is 0.664. The fraction of sp³-hybridized carbons (Fsp3) is 0.250. The van der Waals surface area contributed by atoms with Crippen LogP contribution in [0.5, 0.6) is 11.5 Å². The minimum Gasteiger partial charge on any atom is -0.493 e. The van der Waals surface area contributed by atoms with Crippen molar-refractivity contribution in [1.29, 1.82) is 0 Å². The van der Waals surface area contributed by atoms with Gasteiger partial charge in [0.1, 0.15) is 0 Å². The zero-order valence-electron chi connectivity index (χ0n) is 6.93. The Morgan fingerprint density at radius 1 is 1.25 bits per heavy atom. The maximum absolute atomic E-state index is 5.76. The molecule has 0 aromatic heterocycles. The second-order valence-electron chi connectivity index (χ2n) is 2.20. The van der Waals surface area contributed by atoms with Gasteiger partial charge in [0.2, 0.25) is 0 Å². The van der Waals surface area contributed by atoms with Crippen LogP contribution in [-0.4, -0.2) is 14.2 Å². The summed E-state index contributed by atoms with van der Waals surface area (Å²) in [5.41, 5.74) is 6.38. The number of methoxy groups -OCH3 is 2. The van der Waals surface area contributed by atoms with E-state index in [1.54, 1.807) is 14.2 Å². The highest BCUT2D eigenvalue weighted by atomic mass is 127. The van der Waals surface area contributed by atoms with Crippen LogP contribution in [0.1, 0.15) is 0 Å². The Morgan fingerprint density at radius 3 is 2.42 bits per heavy atom. The highest BCUT2D eigenvalue weighted by Gasteiger charge is 2.09. The van der Waals surface area contributed by atoms with Gasteiger partial charge in [0.15, 0.2) is 11.5 Å². The smallest absolute Gasteiger partial charge is 0.184 e. The van der Waals surface area contributed by atoms with Gasteiger partial charge in [-0.15, -0.1) is 0 Å². The standard InChI is InChI=1S/C8H10INO2/c1-11-6-4-3-5(9)7(10)8(6)12-2/h3-4H,10H2,1-2H3. The molecule has 1 rings (SSSR count). The summed E-state index contributed by atoms with van der Waals surface area (Å²) in [4.78, 5) is 0. The fourth-order valence-corrected chi connectivity index (χ4v) is 1.35. The minimum atomic E-state index is 0.601. The average Bonchev–Trinajstić information content (AvgIpc) is 2.09. The third-order valence-corrected chi connectivity index (χ3v) is 2.47. The van der Waals surface area contributed by atoms with Crippen molar-refractivity contribution >= 4 is 28.3 Å². The van der Waals surface area contributed by atoms with Gasteiger partial charge < -0.3 is 15.2 Å². The molecule has 3 nitrogen and oxygen atoms in total. The van der Waals surface area contributed by atoms with Gasteiger partial charge in [0, 0.05) is 3.57 Å². The van der Waals surface area contributed by atoms with E-state index in [9.17, 15) is 0 Å². The molecule has 0 aliphatic heterocycles. The molecule has 0 fully saturated rings. The third kappa shape index (κ3) is 1.57. The molecular formula is C8H10INO2. The molecule has 2 N–H and O–H groups in total. The molecule has 0 amide bonds. The normalized spacial score (nSPS) is 9.58. The Balaban J connectivity index is 3.25. The van der Waals surface area contributed by atoms with E-state index in [0.717, 1.165) is 3.57 Å². The first-order valence-corrected chi connectivity index (χ1v) is 4.44. The molecule has 0 bridgehead atoms. The molecule has 1 aromatic rings. The molecule has 12 heavy (non-hydrogen) atoms. The van der Waals surface area contributed by atoms with Crippen molar-refractivity contribution in [3.05, 3.63) is 15.7 Å². The maximum atomic E-state index is 5.76. The van der Waals surface area contributed by atoms with Crippen LogP contribution in [0.15, 0.2) is 12.1 Å². The number of hydrogen-bond acceptors (Lipinski definition) is 3. The fourth-order valence-electron chi connectivity index (χ4n) is 0.927. The Morgan fingerprint density at radius 2 is 1.92 bits per heavy atom. The monoisotopic (exact) mass is 279 g/mol. The second-order valence-corrected chi connectivity index (χ2v) is 3.36. The predicted octanol–water partition coefficient (Wildman–Crippen LogP) is 1.89. The molecule has 66 valence electrons. The summed E-state index contributed by atoms with van der Waals surface area (Å²) in [6.07, 6.45) is 0. The van der Waals surface area contributed by atoms with Gasteiger partial charge in [0.25, 0.3) is 0 Å². The summed E-state index contributed by atoms with van der Waals surface area (Å²) < 4.78 is 11.1. The summed E-state index contributed by atoms with van der Waals surface area (Å²) in [6.45, 7) is 0. The van der Waals surface area contributed by atoms with Crippen LogP contribution in [0.2, 0.25) is 0 Å². The number of rotatable bonds is 2. The van der Waals surface area contributed by atoms with Crippen LogP contribution in [0.3, 0.4) is 0 Å². The first kappa shape index (κ1) is 9.44.